The van der Waals surface area contributed by atoms with E-state index in [0.29, 0.717) is 13.0 Å². The molecule has 162 valence electrons. The van der Waals surface area contributed by atoms with Crippen molar-refractivity contribution in [3.05, 3.63) is 76.9 Å². The highest BCUT2D eigenvalue weighted by atomic mass is 16.5. The molecule has 0 unspecified atom stereocenters. The Bertz CT molecular complexity index is 1030. The maximum Gasteiger partial charge on any atom is 0.224 e. The minimum Gasteiger partial charge on any atom is -0.496 e. The fraction of sp³-hybridized carbons (Fsp3) is 0.375. The number of nitrogens with one attached hydrogen (secondary N) is 1. The Morgan fingerprint density at radius 3 is 2.68 bits per heavy atom. The lowest BCUT2D eigenvalue weighted by Gasteiger charge is -2.20. The van der Waals surface area contributed by atoms with E-state index in [-0.39, 0.29) is 5.91 Å². The molecule has 1 N–H and O–H groups in total. The standard InChI is InChI=1S/C24H29N5O2/c1-18-14-20(8-9-21(18)31-2)17-28-11-10-22-26-27-23(29(22)13-12-28)16-25-24(30)15-19-6-4-3-5-7-19/h3-9,14H,10-13,15-17H2,1-2H3,(H,25,30). The first-order valence-electron chi connectivity index (χ1n) is 10.7. The third-order valence-corrected chi connectivity index (χ3v) is 5.71. The summed E-state index contributed by atoms with van der Waals surface area (Å²) in [7, 11) is 1.70. The van der Waals surface area contributed by atoms with Crippen molar-refractivity contribution in [1.82, 2.24) is 25.0 Å². The van der Waals surface area contributed by atoms with E-state index in [1.54, 1.807) is 7.11 Å². The van der Waals surface area contributed by atoms with E-state index in [1.807, 2.05) is 36.4 Å². The number of amides is 1. The molecular weight excluding hydrogens is 390 g/mol. The van der Waals surface area contributed by atoms with Crippen molar-refractivity contribution in [1.29, 1.82) is 0 Å². The summed E-state index contributed by atoms with van der Waals surface area (Å²) in [6.45, 7) is 6.04. The second-order valence-corrected chi connectivity index (χ2v) is 7.95. The van der Waals surface area contributed by atoms with Crippen molar-refractivity contribution >= 4 is 5.91 Å². The number of benzene rings is 2. The maximum atomic E-state index is 12.3. The molecule has 7 nitrogen and oxygen atoms in total. The Labute approximate surface area is 183 Å². The number of carbonyl (C=O) groups excluding carboxylic acids is 1. The van der Waals surface area contributed by atoms with Crippen LogP contribution >= 0.6 is 0 Å². The van der Waals surface area contributed by atoms with Gasteiger partial charge in [-0.2, -0.15) is 0 Å². The quantitative estimate of drug-likeness (QED) is 0.637. The van der Waals surface area contributed by atoms with Gasteiger partial charge < -0.3 is 14.6 Å². The van der Waals surface area contributed by atoms with Gasteiger partial charge >= 0.3 is 0 Å². The largest absolute Gasteiger partial charge is 0.496 e. The molecule has 0 saturated carbocycles. The summed E-state index contributed by atoms with van der Waals surface area (Å²) in [6.07, 6.45) is 1.22. The summed E-state index contributed by atoms with van der Waals surface area (Å²) in [5.41, 5.74) is 3.44. The molecule has 0 spiro atoms. The van der Waals surface area contributed by atoms with Crippen LogP contribution in [0.4, 0.5) is 0 Å². The van der Waals surface area contributed by atoms with E-state index in [0.717, 1.165) is 61.1 Å². The summed E-state index contributed by atoms with van der Waals surface area (Å²) in [4.78, 5) is 14.7. The number of hydrogen-bond acceptors (Lipinski definition) is 5. The third-order valence-electron chi connectivity index (χ3n) is 5.71. The van der Waals surface area contributed by atoms with Gasteiger partial charge in [0.15, 0.2) is 5.82 Å². The topological polar surface area (TPSA) is 72.3 Å². The molecule has 3 aromatic rings. The Morgan fingerprint density at radius 1 is 1.06 bits per heavy atom. The minimum absolute atomic E-state index is 0.00586. The molecule has 31 heavy (non-hydrogen) atoms. The van der Waals surface area contributed by atoms with E-state index in [2.05, 4.69) is 44.0 Å². The van der Waals surface area contributed by atoms with Crippen LogP contribution in [0.15, 0.2) is 48.5 Å². The number of aryl methyl sites for hydroxylation is 1. The van der Waals surface area contributed by atoms with Gasteiger partial charge in [0.05, 0.1) is 20.1 Å². The highest BCUT2D eigenvalue weighted by Crippen LogP contribution is 2.20. The van der Waals surface area contributed by atoms with Gasteiger partial charge in [-0.1, -0.05) is 42.5 Å². The molecule has 2 aromatic carbocycles. The predicted octanol–water partition coefficient (Wildman–Crippen LogP) is 2.51. The lowest BCUT2D eigenvalue weighted by Crippen LogP contribution is -2.28. The first kappa shape index (κ1) is 21.1. The number of carbonyl (C=O) groups is 1. The Morgan fingerprint density at radius 2 is 1.90 bits per heavy atom. The Kier molecular flexibility index (Phi) is 6.62. The van der Waals surface area contributed by atoms with Gasteiger partial charge in [-0.25, -0.2) is 0 Å². The van der Waals surface area contributed by atoms with Crippen LogP contribution in [0, 0.1) is 6.92 Å². The van der Waals surface area contributed by atoms with Crippen LogP contribution in [0.3, 0.4) is 0 Å². The normalized spacial score (nSPS) is 14.0. The van der Waals surface area contributed by atoms with Crippen LogP contribution in [0.2, 0.25) is 0 Å². The zero-order valence-electron chi connectivity index (χ0n) is 18.2. The van der Waals surface area contributed by atoms with Crippen molar-refractivity contribution in [2.75, 3.05) is 20.2 Å². The van der Waals surface area contributed by atoms with Gasteiger partial charge in [0.2, 0.25) is 5.91 Å². The highest BCUT2D eigenvalue weighted by molar-refractivity contribution is 5.78. The minimum atomic E-state index is -0.00586. The van der Waals surface area contributed by atoms with Crippen LogP contribution in [-0.2, 0) is 37.3 Å². The Balaban J connectivity index is 1.33. The van der Waals surface area contributed by atoms with Gasteiger partial charge in [0.1, 0.15) is 11.6 Å². The van der Waals surface area contributed by atoms with Gasteiger partial charge in [-0.15, -0.1) is 10.2 Å². The van der Waals surface area contributed by atoms with Gasteiger partial charge in [0.25, 0.3) is 0 Å². The number of rotatable bonds is 7. The van der Waals surface area contributed by atoms with Crippen LogP contribution in [0.25, 0.3) is 0 Å². The van der Waals surface area contributed by atoms with Crippen molar-refractivity contribution in [2.24, 2.45) is 0 Å². The van der Waals surface area contributed by atoms with Crippen LogP contribution < -0.4 is 10.1 Å². The van der Waals surface area contributed by atoms with Crippen molar-refractivity contribution in [3.63, 3.8) is 0 Å². The number of nitrogens with zero attached hydrogens (tertiary/aromatic N) is 4. The lowest BCUT2D eigenvalue weighted by molar-refractivity contribution is -0.120. The molecule has 1 aliphatic rings. The van der Waals surface area contributed by atoms with Crippen LogP contribution in [-0.4, -0.2) is 45.8 Å². The van der Waals surface area contributed by atoms with Gasteiger partial charge in [0, 0.05) is 32.6 Å². The monoisotopic (exact) mass is 419 g/mol. The number of hydrogen-bond donors (Lipinski definition) is 1. The maximum absolute atomic E-state index is 12.3. The van der Waals surface area contributed by atoms with Crippen LogP contribution in [0.5, 0.6) is 5.75 Å². The summed E-state index contributed by atoms with van der Waals surface area (Å²) in [6, 6.07) is 16.1. The molecule has 0 saturated heterocycles. The molecule has 0 bridgehead atoms. The van der Waals surface area contributed by atoms with Crippen LogP contribution in [0.1, 0.15) is 28.3 Å². The number of fused-ring (bicyclic) bond motifs is 1. The van der Waals surface area contributed by atoms with E-state index in [1.165, 1.54) is 5.56 Å². The molecule has 1 aliphatic heterocycles. The molecule has 0 atom stereocenters. The smallest absolute Gasteiger partial charge is 0.224 e. The number of methoxy groups -OCH3 is 1. The fourth-order valence-electron chi connectivity index (χ4n) is 4.03. The fourth-order valence-corrected chi connectivity index (χ4v) is 4.03. The molecule has 2 heterocycles. The Hall–Kier alpha value is -3.19. The van der Waals surface area contributed by atoms with E-state index >= 15 is 0 Å². The summed E-state index contributed by atoms with van der Waals surface area (Å²) < 4.78 is 7.52. The van der Waals surface area contributed by atoms with Crippen molar-refractivity contribution < 1.29 is 9.53 Å². The summed E-state index contributed by atoms with van der Waals surface area (Å²) in [5, 5.41) is 11.7. The number of aromatic nitrogens is 3. The van der Waals surface area contributed by atoms with Gasteiger partial charge in [-0.3, -0.25) is 9.69 Å². The average Bonchev–Trinajstić information content (AvgIpc) is 3.05. The molecule has 4 rings (SSSR count). The molecule has 0 aliphatic carbocycles. The van der Waals surface area contributed by atoms with Gasteiger partial charge in [-0.05, 0) is 29.7 Å². The molecule has 1 amide bonds. The zero-order chi connectivity index (χ0) is 21.6. The van der Waals surface area contributed by atoms with Crippen molar-refractivity contribution in [2.45, 2.75) is 39.4 Å². The zero-order valence-corrected chi connectivity index (χ0v) is 18.2. The lowest BCUT2D eigenvalue weighted by atomic mass is 10.1. The SMILES string of the molecule is COc1ccc(CN2CCc3nnc(CNC(=O)Cc4ccccc4)n3CC2)cc1C. The summed E-state index contributed by atoms with van der Waals surface area (Å²) in [5.74, 6) is 2.72. The molecule has 0 radical (unpaired) electrons. The second-order valence-electron chi connectivity index (χ2n) is 7.95. The van der Waals surface area contributed by atoms with Crippen molar-refractivity contribution in [3.8, 4) is 5.75 Å². The first-order chi connectivity index (χ1) is 15.1. The molecule has 0 fully saturated rings. The van der Waals surface area contributed by atoms with E-state index < -0.39 is 0 Å². The van der Waals surface area contributed by atoms with E-state index in [9.17, 15) is 4.79 Å². The average molecular weight is 420 g/mol. The first-order valence-corrected chi connectivity index (χ1v) is 10.7. The molecular formula is C24H29N5O2. The third kappa shape index (κ3) is 5.30. The number of ether oxygens (including phenoxy) is 1. The highest BCUT2D eigenvalue weighted by Gasteiger charge is 2.19. The predicted molar refractivity (Wildman–Crippen MR) is 119 cm³/mol. The molecule has 1 aromatic heterocycles. The molecule has 7 heteroatoms. The summed E-state index contributed by atoms with van der Waals surface area (Å²) >= 11 is 0. The second kappa shape index (κ2) is 9.75. The van der Waals surface area contributed by atoms with E-state index in [4.69, 9.17) is 4.74 Å².